The largest absolute Gasteiger partial charge is 0.291 e. The van der Waals surface area contributed by atoms with Crippen molar-refractivity contribution >= 4 is 21.6 Å². The molecule has 0 bridgehead atoms. The van der Waals surface area contributed by atoms with Crippen molar-refractivity contribution < 1.29 is 9.31 Å². The normalized spacial score (nSPS) is 14.2. The molecule has 4 nitrogen and oxygen atoms in total. The van der Waals surface area contributed by atoms with Gasteiger partial charge in [0, 0.05) is 36.2 Å². The lowest BCUT2D eigenvalue weighted by atomic mass is 10.1. The summed E-state index contributed by atoms with van der Waals surface area (Å²) in [5.74, 6) is -0.248. The summed E-state index contributed by atoms with van der Waals surface area (Å²) in [4.78, 5) is 12.7. The lowest BCUT2D eigenvalue weighted by Crippen LogP contribution is -2.15. The third-order valence-corrected chi connectivity index (χ3v) is 4.29. The van der Waals surface area contributed by atoms with E-state index in [1.807, 2.05) is 0 Å². The second-order valence-corrected chi connectivity index (χ2v) is 5.95. The van der Waals surface area contributed by atoms with E-state index < -0.39 is 0 Å². The van der Waals surface area contributed by atoms with Gasteiger partial charge in [-0.3, -0.25) is 15.0 Å². The Morgan fingerprint density at radius 1 is 1.24 bits per heavy atom. The molecule has 1 heterocycles. The van der Waals surface area contributed by atoms with Gasteiger partial charge in [-0.2, -0.15) is 0 Å². The molecule has 108 valence electrons. The maximum Gasteiger partial charge on any atom is 0.270 e. The van der Waals surface area contributed by atoms with Crippen LogP contribution in [-0.2, 0) is 19.6 Å². The lowest BCUT2D eigenvalue weighted by molar-refractivity contribution is -0.385. The summed E-state index contributed by atoms with van der Waals surface area (Å²) in [6, 6.07) is 9.58. The van der Waals surface area contributed by atoms with Gasteiger partial charge in [0.25, 0.3) is 5.69 Å². The van der Waals surface area contributed by atoms with Gasteiger partial charge in [0.1, 0.15) is 5.82 Å². The molecule has 0 saturated carbocycles. The summed E-state index contributed by atoms with van der Waals surface area (Å²) in [5, 5.41) is 10.9. The highest BCUT2D eigenvalue weighted by Crippen LogP contribution is 2.34. The minimum Gasteiger partial charge on any atom is -0.291 e. The SMILES string of the molecule is O=[N+]([O-])c1cc(Br)c2c(c1)CN(Cc1ccc(F)cc1)C2. The number of halogens is 2. The Balaban J connectivity index is 1.79. The van der Waals surface area contributed by atoms with Gasteiger partial charge in [-0.15, -0.1) is 0 Å². The summed E-state index contributed by atoms with van der Waals surface area (Å²) >= 11 is 3.41. The van der Waals surface area contributed by atoms with Gasteiger partial charge in [-0.1, -0.05) is 28.1 Å². The molecule has 0 fully saturated rings. The topological polar surface area (TPSA) is 46.4 Å². The molecule has 0 atom stereocenters. The molecule has 1 aliphatic heterocycles. The lowest BCUT2D eigenvalue weighted by Gasteiger charge is -2.14. The summed E-state index contributed by atoms with van der Waals surface area (Å²) in [5.41, 5.74) is 3.18. The van der Waals surface area contributed by atoms with Crippen molar-refractivity contribution in [2.75, 3.05) is 0 Å². The van der Waals surface area contributed by atoms with Gasteiger partial charge < -0.3 is 0 Å². The highest BCUT2D eigenvalue weighted by atomic mass is 79.9. The van der Waals surface area contributed by atoms with Gasteiger partial charge in [0.2, 0.25) is 0 Å². The third-order valence-electron chi connectivity index (χ3n) is 3.58. The van der Waals surface area contributed by atoms with Crippen LogP contribution in [0.15, 0.2) is 40.9 Å². The zero-order chi connectivity index (χ0) is 15.0. The van der Waals surface area contributed by atoms with E-state index in [0.717, 1.165) is 27.7 Å². The van der Waals surface area contributed by atoms with Crippen molar-refractivity contribution in [3.8, 4) is 0 Å². The van der Waals surface area contributed by atoms with E-state index in [0.29, 0.717) is 13.1 Å². The Kier molecular flexibility index (Phi) is 3.73. The Bertz CT molecular complexity index is 704. The molecular weight excluding hydrogens is 339 g/mol. The average molecular weight is 351 g/mol. The van der Waals surface area contributed by atoms with Crippen LogP contribution in [-0.4, -0.2) is 9.82 Å². The van der Waals surface area contributed by atoms with E-state index in [9.17, 15) is 14.5 Å². The van der Waals surface area contributed by atoms with Crippen molar-refractivity contribution in [2.45, 2.75) is 19.6 Å². The molecule has 0 amide bonds. The summed E-state index contributed by atoms with van der Waals surface area (Å²) in [6.07, 6.45) is 0. The molecule has 0 aliphatic carbocycles. The maximum atomic E-state index is 12.9. The Hall–Kier alpha value is -1.79. The number of hydrogen-bond donors (Lipinski definition) is 0. The Morgan fingerprint density at radius 2 is 1.95 bits per heavy atom. The van der Waals surface area contributed by atoms with Crippen molar-refractivity contribution in [1.82, 2.24) is 4.90 Å². The van der Waals surface area contributed by atoms with Crippen LogP contribution < -0.4 is 0 Å². The zero-order valence-corrected chi connectivity index (χ0v) is 12.6. The highest BCUT2D eigenvalue weighted by molar-refractivity contribution is 9.10. The van der Waals surface area contributed by atoms with E-state index >= 15 is 0 Å². The first kappa shape index (κ1) is 14.2. The third kappa shape index (κ3) is 2.96. The summed E-state index contributed by atoms with van der Waals surface area (Å²) < 4.78 is 13.7. The van der Waals surface area contributed by atoms with Gasteiger partial charge in [-0.05, 0) is 28.8 Å². The quantitative estimate of drug-likeness (QED) is 0.620. The van der Waals surface area contributed by atoms with E-state index in [1.54, 1.807) is 24.3 Å². The van der Waals surface area contributed by atoms with E-state index in [2.05, 4.69) is 20.8 Å². The molecular formula is C15H12BrFN2O2. The molecule has 0 radical (unpaired) electrons. The molecule has 1 aliphatic rings. The Morgan fingerprint density at radius 3 is 2.62 bits per heavy atom. The molecule has 2 aromatic carbocycles. The highest BCUT2D eigenvalue weighted by Gasteiger charge is 2.24. The predicted octanol–water partition coefficient (Wildman–Crippen LogP) is 4.01. The average Bonchev–Trinajstić information content (AvgIpc) is 2.84. The fraction of sp³-hybridized carbons (Fsp3) is 0.200. The molecule has 0 N–H and O–H groups in total. The van der Waals surface area contributed by atoms with Crippen LogP contribution in [0.25, 0.3) is 0 Å². The number of non-ortho nitro benzene ring substituents is 1. The first-order valence-corrected chi connectivity index (χ1v) is 7.25. The predicted molar refractivity (Wildman–Crippen MR) is 80.1 cm³/mol. The van der Waals surface area contributed by atoms with Crippen molar-refractivity contribution in [3.05, 3.63) is 73.5 Å². The van der Waals surface area contributed by atoms with Gasteiger partial charge >= 0.3 is 0 Å². The molecule has 0 aromatic heterocycles. The number of fused-ring (bicyclic) bond motifs is 1. The van der Waals surface area contributed by atoms with Crippen molar-refractivity contribution in [2.24, 2.45) is 0 Å². The zero-order valence-electron chi connectivity index (χ0n) is 11.1. The van der Waals surface area contributed by atoms with E-state index in [4.69, 9.17) is 0 Å². The number of rotatable bonds is 3. The smallest absolute Gasteiger partial charge is 0.270 e. The van der Waals surface area contributed by atoms with Gasteiger partial charge in [-0.25, -0.2) is 4.39 Å². The molecule has 2 aromatic rings. The molecule has 0 spiro atoms. The number of nitro groups is 1. The number of hydrogen-bond acceptors (Lipinski definition) is 3. The molecule has 0 saturated heterocycles. The second-order valence-electron chi connectivity index (χ2n) is 5.09. The van der Waals surface area contributed by atoms with Gasteiger partial charge in [0.05, 0.1) is 4.92 Å². The fourth-order valence-corrected chi connectivity index (χ4v) is 3.20. The first-order valence-electron chi connectivity index (χ1n) is 6.45. The van der Waals surface area contributed by atoms with Crippen LogP contribution in [0.5, 0.6) is 0 Å². The minimum absolute atomic E-state index is 0.101. The summed E-state index contributed by atoms with van der Waals surface area (Å²) in [6.45, 7) is 2.08. The van der Waals surface area contributed by atoms with Crippen molar-refractivity contribution in [1.29, 1.82) is 0 Å². The van der Waals surface area contributed by atoms with Crippen LogP contribution in [0.2, 0.25) is 0 Å². The first-order chi connectivity index (χ1) is 10.0. The van der Waals surface area contributed by atoms with Crippen LogP contribution in [0, 0.1) is 15.9 Å². The number of benzene rings is 2. The Labute approximate surface area is 129 Å². The second kappa shape index (κ2) is 5.54. The molecule has 21 heavy (non-hydrogen) atoms. The van der Waals surface area contributed by atoms with Crippen LogP contribution in [0.4, 0.5) is 10.1 Å². The van der Waals surface area contributed by atoms with Crippen molar-refractivity contribution in [3.63, 3.8) is 0 Å². The van der Waals surface area contributed by atoms with E-state index in [1.165, 1.54) is 12.1 Å². The monoisotopic (exact) mass is 350 g/mol. The molecule has 0 unspecified atom stereocenters. The van der Waals surface area contributed by atoms with Crippen LogP contribution >= 0.6 is 15.9 Å². The maximum absolute atomic E-state index is 12.9. The molecule has 3 rings (SSSR count). The summed E-state index contributed by atoms with van der Waals surface area (Å²) in [7, 11) is 0. The van der Waals surface area contributed by atoms with Crippen LogP contribution in [0.1, 0.15) is 16.7 Å². The minimum atomic E-state index is -0.381. The standard InChI is InChI=1S/C15H12BrFN2O2/c16-15-6-13(19(20)21)5-11-8-18(9-14(11)15)7-10-1-3-12(17)4-2-10/h1-6H,7-9H2. The fourth-order valence-electron chi connectivity index (χ4n) is 2.58. The molecule has 6 heteroatoms. The van der Waals surface area contributed by atoms with Gasteiger partial charge in [0.15, 0.2) is 0 Å². The van der Waals surface area contributed by atoms with Crippen LogP contribution in [0.3, 0.4) is 0 Å². The number of nitro benzene ring substituents is 1. The number of nitrogens with zero attached hydrogens (tertiary/aromatic N) is 2. The van der Waals surface area contributed by atoms with E-state index in [-0.39, 0.29) is 16.4 Å².